The summed E-state index contributed by atoms with van der Waals surface area (Å²) in [5.41, 5.74) is 3.50. The molecule has 0 saturated carbocycles. The zero-order valence-electron chi connectivity index (χ0n) is 9.26. The van der Waals surface area contributed by atoms with E-state index >= 15 is 0 Å². The smallest absolute Gasteiger partial charge is 0.0853 e. The van der Waals surface area contributed by atoms with Gasteiger partial charge in [0.15, 0.2) is 0 Å². The molecule has 1 aromatic heterocycles. The standard InChI is InChI=1S/C14H10BNS/c15-9-14-16-12-7-6-11(8-13(12)17-14)10-4-2-1-3-5-10/h1-8H,9H2. The number of benzene rings is 2. The number of nitrogens with zero attached hydrogens (tertiary/aromatic N) is 1. The fraction of sp³-hybridized carbons (Fsp3) is 0.0714. The van der Waals surface area contributed by atoms with Gasteiger partial charge in [-0.3, -0.25) is 0 Å². The van der Waals surface area contributed by atoms with Crippen LogP contribution in [0.2, 0.25) is 0 Å². The minimum Gasteiger partial charge on any atom is -0.242 e. The predicted octanol–water partition coefficient (Wildman–Crippen LogP) is 3.63. The average molecular weight is 235 g/mol. The van der Waals surface area contributed by atoms with E-state index in [0.717, 1.165) is 10.5 Å². The van der Waals surface area contributed by atoms with Gasteiger partial charge in [0.25, 0.3) is 0 Å². The van der Waals surface area contributed by atoms with Crippen LogP contribution in [0.1, 0.15) is 5.01 Å². The summed E-state index contributed by atoms with van der Waals surface area (Å²) < 4.78 is 1.20. The fourth-order valence-electron chi connectivity index (χ4n) is 1.87. The molecule has 1 nitrogen and oxygen atoms in total. The van der Waals surface area contributed by atoms with Crippen LogP contribution in [0.4, 0.5) is 0 Å². The first-order valence-electron chi connectivity index (χ1n) is 5.52. The van der Waals surface area contributed by atoms with Crippen LogP contribution in [0.25, 0.3) is 21.3 Å². The van der Waals surface area contributed by atoms with Gasteiger partial charge in [-0.15, -0.1) is 11.3 Å². The summed E-state index contributed by atoms with van der Waals surface area (Å²) in [4.78, 5) is 4.46. The minimum atomic E-state index is 0.514. The van der Waals surface area contributed by atoms with Crippen molar-refractivity contribution in [1.29, 1.82) is 0 Å². The molecule has 0 aliphatic rings. The highest BCUT2D eigenvalue weighted by atomic mass is 32.1. The third-order valence-corrected chi connectivity index (χ3v) is 3.75. The van der Waals surface area contributed by atoms with Crippen LogP contribution < -0.4 is 0 Å². The van der Waals surface area contributed by atoms with Gasteiger partial charge in [-0.05, 0) is 29.6 Å². The first kappa shape index (κ1) is 10.5. The van der Waals surface area contributed by atoms with E-state index < -0.39 is 0 Å². The molecule has 2 aromatic carbocycles. The molecule has 0 bridgehead atoms. The van der Waals surface area contributed by atoms with Gasteiger partial charge in [-0.2, -0.15) is 0 Å². The van der Waals surface area contributed by atoms with Gasteiger partial charge < -0.3 is 0 Å². The molecule has 2 radical (unpaired) electrons. The summed E-state index contributed by atoms with van der Waals surface area (Å²) in [6, 6.07) is 16.7. The third-order valence-electron chi connectivity index (χ3n) is 2.71. The Balaban J connectivity index is 2.13. The van der Waals surface area contributed by atoms with Crippen LogP contribution in [0.5, 0.6) is 0 Å². The molecule has 0 aliphatic heterocycles. The first-order chi connectivity index (χ1) is 8.36. The molecule has 0 amide bonds. The van der Waals surface area contributed by atoms with Crippen LogP contribution in [0.15, 0.2) is 48.5 Å². The Hall–Kier alpha value is -1.61. The van der Waals surface area contributed by atoms with Gasteiger partial charge in [-0.25, -0.2) is 4.98 Å². The summed E-state index contributed by atoms with van der Waals surface area (Å²) in [6.45, 7) is 0. The maximum absolute atomic E-state index is 5.61. The van der Waals surface area contributed by atoms with Gasteiger partial charge >= 0.3 is 0 Å². The Kier molecular flexibility index (Phi) is 2.69. The molecule has 0 atom stereocenters. The summed E-state index contributed by atoms with van der Waals surface area (Å²) in [6.07, 6.45) is 0.514. The van der Waals surface area contributed by atoms with Crippen molar-refractivity contribution in [2.75, 3.05) is 0 Å². The van der Waals surface area contributed by atoms with Crippen LogP contribution >= 0.6 is 11.3 Å². The van der Waals surface area contributed by atoms with E-state index in [1.165, 1.54) is 15.8 Å². The number of rotatable bonds is 2. The average Bonchev–Trinajstić information content (AvgIpc) is 2.81. The second-order valence-electron chi connectivity index (χ2n) is 3.86. The number of aromatic nitrogens is 1. The summed E-state index contributed by atoms with van der Waals surface area (Å²) >= 11 is 1.67. The number of thiazole rings is 1. The Labute approximate surface area is 106 Å². The van der Waals surface area contributed by atoms with Crippen molar-refractivity contribution in [3.63, 3.8) is 0 Å². The molecule has 0 saturated heterocycles. The van der Waals surface area contributed by atoms with E-state index in [1.54, 1.807) is 11.3 Å². The predicted molar refractivity (Wildman–Crippen MR) is 74.5 cm³/mol. The number of hydrogen-bond acceptors (Lipinski definition) is 2. The van der Waals surface area contributed by atoms with E-state index in [2.05, 4.69) is 47.4 Å². The normalized spacial score (nSPS) is 10.8. The van der Waals surface area contributed by atoms with Crippen molar-refractivity contribution in [3.05, 3.63) is 53.5 Å². The molecule has 80 valence electrons. The molecule has 0 unspecified atom stereocenters. The highest BCUT2D eigenvalue weighted by molar-refractivity contribution is 7.18. The number of fused-ring (bicyclic) bond motifs is 1. The van der Waals surface area contributed by atoms with Gasteiger partial charge in [-0.1, -0.05) is 36.4 Å². The van der Waals surface area contributed by atoms with Crippen molar-refractivity contribution < 1.29 is 0 Å². The Morgan fingerprint density at radius 1 is 1.00 bits per heavy atom. The molecule has 0 N–H and O–H groups in total. The van der Waals surface area contributed by atoms with E-state index in [4.69, 9.17) is 7.85 Å². The van der Waals surface area contributed by atoms with Crippen molar-refractivity contribution in [1.82, 2.24) is 4.98 Å². The second kappa shape index (κ2) is 4.34. The van der Waals surface area contributed by atoms with Gasteiger partial charge in [0.1, 0.15) is 0 Å². The monoisotopic (exact) mass is 235 g/mol. The van der Waals surface area contributed by atoms with Crippen molar-refractivity contribution in [3.8, 4) is 11.1 Å². The van der Waals surface area contributed by atoms with E-state index in [-0.39, 0.29) is 0 Å². The lowest BCUT2D eigenvalue weighted by atomic mass is 10.1. The molecule has 0 spiro atoms. The lowest BCUT2D eigenvalue weighted by Gasteiger charge is -2.00. The topological polar surface area (TPSA) is 12.9 Å². The molecule has 0 fully saturated rings. The molecule has 17 heavy (non-hydrogen) atoms. The Morgan fingerprint density at radius 2 is 1.82 bits per heavy atom. The fourth-order valence-corrected chi connectivity index (χ4v) is 2.76. The molecule has 3 aromatic rings. The maximum atomic E-state index is 5.61. The lowest BCUT2D eigenvalue weighted by Crippen LogP contribution is -1.79. The van der Waals surface area contributed by atoms with Gasteiger partial charge in [0, 0.05) is 0 Å². The van der Waals surface area contributed by atoms with E-state index in [9.17, 15) is 0 Å². The Morgan fingerprint density at radius 3 is 2.59 bits per heavy atom. The van der Waals surface area contributed by atoms with Crippen molar-refractivity contribution in [2.45, 2.75) is 6.32 Å². The summed E-state index contributed by atoms with van der Waals surface area (Å²) in [5, 5.41) is 0.991. The lowest BCUT2D eigenvalue weighted by molar-refractivity contribution is 1.30. The SMILES string of the molecule is [B]Cc1nc2ccc(-c3ccccc3)cc2s1. The van der Waals surface area contributed by atoms with E-state index in [0.29, 0.717) is 6.32 Å². The molecular weight excluding hydrogens is 225 g/mol. The van der Waals surface area contributed by atoms with E-state index in [1.807, 2.05) is 6.07 Å². The van der Waals surface area contributed by atoms with Crippen LogP contribution in [-0.4, -0.2) is 12.8 Å². The van der Waals surface area contributed by atoms with Crippen LogP contribution in [0, 0.1) is 0 Å². The third kappa shape index (κ3) is 1.98. The quantitative estimate of drug-likeness (QED) is 0.618. The minimum absolute atomic E-state index is 0.514. The molecular formula is C14H10BNS. The molecule has 0 aliphatic carbocycles. The largest absolute Gasteiger partial charge is 0.242 e. The van der Waals surface area contributed by atoms with Crippen LogP contribution in [0.3, 0.4) is 0 Å². The number of hydrogen-bond donors (Lipinski definition) is 0. The zero-order valence-corrected chi connectivity index (χ0v) is 10.1. The molecule has 1 heterocycles. The molecule has 3 rings (SSSR count). The van der Waals surface area contributed by atoms with Crippen molar-refractivity contribution in [2.24, 2.45) is 0 Å². The van der Waals surface area contributed by atoms with Gasteiger partial charge in [0.05, 0.1) is 23.1 Å². The highest BCUT2D eigenvalue weighted by Gasteiger charge is 2.04. The maximum Gasteiger partial charge on any atom is 0.0853 e. The molecule has 3 heteroatoms. The first-order valence-corrected chi connectivity index (χ1v) is 6.33. The van der Waals surface area contributed by atoms with Gasteiger partial charge in [0.2, 0.25) is 0 Å². The van der Waals surface area contributed by atoms with Crippen LogP contribution in [-0.2, 0) is 6.32 Å². The zero-order chi connectivity index (χ0) is 11.7. The second-order valence-corrected chi connectivity index (χ2v) is 4.98. The Bertz CT molecular complexity index is 646. The summed E-state index contributed by atoms with van der Waals surface area (Å²) in [7, 11) is 5.61. The van der Waals surface area contributed by atoms with Crippen molar-refractivity contribution >= 4 is 29.4 Å². The highest BCUT2D eigenvalue weighted by Crippen LogP contribution is 2.28. The summed E-state index contributed by atoms with van der Waals surface area (Å²) in [5.74, 6) is 0.